The van der Waals surface area contributed by atoms with Crippen molar-refractivity contribution in [2.24, 2.45) is 5.92 Å². The Labute approximate surface area is 141 Å². The van der Waals surface area contributed by atoms with E-state index in [-0.39, 0.29) is 16.3 Å². The molecule has 1 atom stereocenters. The molecule has 0 saturated heterocycles. The Morgan fingerprint density at radius 2 is 2.30 bits per heavy atom. The molecule has 1 amide bonds. The summed E-state index contributed by atoms with van der Waals surface area (Å²) in [5, 5.41) is 14.2. The third kappa shape index (κ3) is 3.35. The molecular formula is C15H14ClN3O3S. The van der Waals surface area contributed by atoms with Crippen molar-refractivity contribution in [1.82, 2.24) is 4.98 Å². The van der Waals surface area contributed by atoms with E-state index in [1.807, 2.05) is 0 Å². The van der Waals surface area contributed by atoms with E-state index in [0.29, 0.717) is 11.0 Å². The highest BCUT2D eigenvalue weighted by atomic mass is 35.5. The molecule has 0 saturated carbocycles. The Hall–Kier alpha value is -1.99. The molecule has 0 fully saturated rings. The van der Waals surface area contributed by atoms with Gasteiger partial charge in [0.15, 0.2) is 5.13 Å². The van der Waals surface area contributed by atoms with Gasteiger partial charge in [0.1, 0.15) is 0 Å². The minimum Gasteiger partial charge on any atom is -0.298 e. The SMILES string of the molecule is C[C@H]1CCc2nc(NC(=O)c3cc([N+](=O)[O-])ccc3Cl)sc2C1. The van der Waals surface area contributed by atoms with Crippen molar-refractivity contribution in [3.05, 3.63) is 49.5 Å². The van der Waals surface area contributed by atoms with Crippen LogP contribution in [0.15, 0.2) is 18.2 Å². The zero-order valence-electron chi connectivity index (χ0n) is 12.3. The molecule has 0 radical (unpaired) electrons. The number of nitrogens with zero attached hydrogens (tertiary/aromatic N) is 2. The van der Waals surface area contributed by atoms with Crippen LogP contribution in [0.3, 0.4) is 0 Å². The number of carbonyl (C=O) groups excluding carboxylic acids is 1. The van der Waals surface area contributed by atoms with E-state index >= 15 is 0 Å². The van der Waals surface area contributed by atoms with Crippen molar-refractivity contribution < 1.29 is 9.72 Å². The van der Waals surface area contributed by atoms with Gasteiger partial charge in [0.25, 0.3) is 11.6 Å². The fourth-order valence-corrected chi connectivity index (χ4v) is 3.93. The van der Waals surface area contributed by atoms with Gasteiger partial charge in [0.2, 0.25) is 0 Å². The van der Waals surface area contributed by atoms with E-state index in [2.05, 4.69) is 17.2 Å². The van der Waals surface area contributed by atoms with Crippen LogP contribution in [0, 0.1) is 16.0 Å². The lowest BCUT2D eigenvalue weighted by Crippen LogP contribution is -2.13. The zero-order chi connectivity index (χ0) is 16.6. The number of halogens is 1. The van der Waals surface area contributed by atoms with E-state index in [1.165, 1.54) is 34.4 Å². The Bertz CT molecular complexity index is 790. The molecule has 0 aliphatic heterocycles. The minimum absolute atomic E-state index is 0.0717. The summed E-state index contributed by atoms with van der Waals surface area (Å²) in [5.74, 6) is 0.135. The third-order valence-corrected chi connectivity index (χ3v) is 5.18. The van der Waals surface area contributed by atoms with Gasteiger partial charge in [-0.15, -0.1) is 11.3 Å². The average Bonchev–Trinajstić information content (AvgIpc) is 2.88. The monoisotopic (exact) mass is 351 g/mol. The maximum absolute atomic E-state index is 12.3. The van der Waals surface area contributed by atoms with Crippen molar-refractivity contribution in [2.45, 2.75) is 26.2 Å². The molecule has 6 nitrogen and oxygen atoms in total. The highest BCUT2D eigenvalue weighted by Crippen LogP contribution is 2.32. The number of nitro groups is 1. The summed E-state index contributed by atoms with van der Waals surface area (Å²) in [6.07, 6.45) is 2.99. The van der Waals surface area contributed by atoms with Gasteiger partial charge >= 0.3 is 0 Å². The smallest absolute Gasteiger partial charge is 0.270 e. The van der Waals surface area contributed by atoms with Crippen LogP contribution < -0.4 is 5.32 Å². The second kappa shape index (κ2) is 6.25. The summed E-state index contributed by atoms with van der Waals surface area (Å²) in [7, 11) is 0. The summed E-state index contributed by atoms with van der Waals surface area (Å²) in [6.45, 7) is 2.20. The Morgan fingerprint density at radius 1 is 1.52 bits per heavy atom. The number of hydrogen-bond donors (Lipinski definition) is 1. The number of aromatic nitrogens is 1. The number of nitro benzene ring substituents is 1. The van der Waals surface area contributed by atoms with E-state index in [9.17, 15) is 14.9 Å². The average molecular weight is 352 g/mol. The van der Waals surface area contributed by atoms with E-state index in [0.717, 1.165) is 25.0 Å². The van der Waals surface area contributed by atoms with Crippen LogP contribution in [-0.2, 0) is 12.8 Å². The van der Waals surface area contributed by atoms with Crippen LogP contribution in [0.1, 0.15) is 34.3 Å². The molecule has 1 aliphatic rings. The molecule has 23 heavy (non-hydrogen) atoms. The number of rotatable bonds is 3. The van der Waals surface area contributed by atoms with Gasteiger partial charge in [-0.05, 0) is 31.2 Å². The van der Waals surface area contributed by atoms with Gasteiger partial charge in [0.05, 0.1) is 21.2 Å². The first-order valence-corrected chi connectivity index (χ1v) is 8.37. The summed E-state index contributed by atoms with van der Waals surface area (Å²) in [4.78, 5) is 28.3. The van der Waals surface area contributed by atoms with Crippen molar-refractivity contribution in [3.63, 3.8) is 0 Å². The molecule has 0 bridgehead atoms. The molecular weight excluding hydrogens is 338 g/mol. The maximum atomic E-state index is 12.3. The molecule has 0 unspecified atom stereocenters. The minimum atomic E-state index is -0.559. The van der Waals surface area contributed by atoms with Crippen molar-refractivity contribution in [1.29, 1.82) is 0 Å². The topological polar surface area (TPSA) is 85.1 Å². The zero-order valence-corrected chi connectivity index (χ0v) is 13.9. The van der Waals surface area contributed by atoms with Crippen LogP contribution in [0.25, 0.3) is 0 Å². The van der Waals surface area contributed by atoms with E-state index in [1.54, 1.807) is 0 Å². The maximum Gasteiger partial charge on any atom is 0.270 e. The second-order valence-electron chi connectivity index (χ2n) is 5.61. The number of fused-ring (bicyclic) bond motifs is 1. The van der Waals surface area contributed by atoms with Crippen LogP contribution in [-0.4, -0.2) is 15.8 Å². The van der Waals surface area contributed by atoms with Gasteiger partial charge in [-0.3, -0.25) is 20.2 Å². The highest BCUT2D eigenvalue weighted by Gasteiger charge is 2.22. The van der Waals surface area contributed by atoms with Crippen molar-refractivity contribution >= 4 is 39.7 Å². The molecule has 3 rings (SSSR count). The largest absolute Gasteiger partial charge is 0.298 e. The number of non-ortho nitro benzene ring substituents is 1. The van der Waals surface area contributed by atoms with Crippen molar-refractivity contribution in [3.8, 4) is 0 Å². The fourth-order valence-electron chi connectivity index (χ4n) is 2.56. The summed E-state index contributed by atoms with van der Waals surface area (Å²) in [6, 6.07) is 3.79. The van der Waals surface area contributed by atoms with Crippen LogP contribution in [0.4, 0.5) is 10.8 Å². The molecule has 0 spiro atoms. The van der Waals surface area contributed by atoms with Gasteiger partial charge in [-0.25, -0.2) is 4.98 Å². The van der Waals surface area contributed by atoms with Gasteiger partial charge in [-0.1, -0.05) is 18.5 Å². The Balaban J connectivity index is 1.82. The van der Waals surface area contributed by atoms with E-state index < -0.39 is 10.8 Å². The molecule has 8 heteroatoms. The van der Waals surface area contributed by atoms with Crippen LogP contribution in [0.2, 0.25) is 5.02 Å². The fraction of sp³-hybridized carbons (Fsp3) is 0.333. The molecule has 1 aliphatic carbocycles. The molecule has 1 aromatic heterocycles. The highest BCUT2D eigenvalue weighted by molar-refractivity contribution is 7.15. The lowest BCUT2D eigenvalue weighted by molar-refractivity contribution is -0.384. The molecule has 120 valence electrons. The number of thiazole rings is 1. The first-order valence-electron chi connectivity index (χ1n) is 7.18. The first-order chi connectivity index (χ1) is 10.9. The number of benzene rings is 1. The van der Waals surface area contributed by atoms with Gasteiger partial charge in [0, 0.05) is 17.0 Å². The summed E-state index contributed by atoms with van der Waals surface area (Å²) >= 11 is 7.44. The molecule has 1 N–H and O–H groups in total. The predicted molar refractivity (Wildman–Crippen MR) is 89.4 cm³/mol. The summed E-state index contributed by atoms with van der Waals surface area (Å²) in [5.41, 5.74) is 0.933. The number of hydrogen-bond acceptors (Lipinski definition) is 5. The Morgan fingerprint density at radius 3 is 3.04 bits per heavy atom. The molecule has 1 heterocycles. The number of anilines is 1. The lowest BCUT2D eigenvalue weighted by atomic mass is 9.93. The number of amides is 1. The van der Waals surface area contributed by atoms with Crippen LogP contribution in [0.5, 0.6) is 0 Å². The predicted octanol–water partition coefficient (Wildman–Crippen LogP) is 4.08. The number of aryl methyl sites for hydroxylation is 1. The second-order valence-corrected chi connectivity index (χ2v) is 7.10. The number of carbonyl (C=O) groups is 1. The normalized spacial score (nSPS) is 16.7. The van der Waals surface area contributed by atoms with Gasteiger partial charge in [-0.2, -0.15) is 0 Å². The first kappa shape index (κ1) is 15.9. The summed E-state index contributed by atoms with van der Waals surface area (Å²) < 4.78 is 0. The standard InChI is InChI=1S/C15H14ClN3O3S/c1-8-2-5-12-13(6-8)23-15(17-12)18-14(20)10-7-9(19(21)22)3-4-11(10)16/h3-4,7-8H,2,5-6H2,1H3,(H,17,18,20)/t8-/m0/s1. The molecule has 2 aromatic rings. The lowest BCUT2D eigenvalue weighted by Gasteiger charge is -2.15. The van der Waals surface area contributed by atoms with Crippen LogP contribution >= 0.6 is 22.9 Å². The van der Waals surface area contributed by atoms with E-state index in [4.69, 9.17) is 11.6 Å². The quantitative estimate of drug-likeness (QED) is 0.666. The Kier molecular flexibility index (Phi) is 4.32. The van der Waals surface area contributed by atoms with Gasteiger partial charge < -0.3 is 0 Å². The number of nitrogens with one attached hydrogen (secondary N) is 1. The molecule has 1 aromatic carbocycles. The third-order valence-electron chi connectivity index (χ3n) is 3.81. The van der Waals surface area contributed by atoms with Crippen molar-refractivity contribution in [2.75, 3.05) is 5.32 Å².